The molecule has 6 heteroatoms. The van der Waals surface area contributed by atoms with E-state index in [-0.39, 0.29) is 17.8 Å². The Labute approximate surface area is 132 Å². The highest BCUT2D eigenvalue weighted by Crippen LogP contribution is 2.23. The van der Waals surface area contributed by atoms with E-state index in [0.29, 0.717) is 17.2 Å². The molecule has 0 heterocycles. The van der Waals surface area contributed by atoms with E-state index in [9.17, 15) is 13.2 Å². The highest BCUT2D eigenvalue weighted by molar-refractivity contribution is 7.89. The summed E-state index contributed by atoms with van der Waals surface area (Å²) >= 11 is 0. The van der Waals surface area contributed by atoms with Crippen molar-refractivity contribution < 1.29 is 13.2 Å². The van der Waals surface area contributed by atoms with Crippen molar-refractivity contribution in [2.24, 2.45) is 5.92 Å². The summed E-state index contributed by atoms with van der Waals surface area (Å²) in [5.41, 5.74) is 1.29. The number of sulfone groups is 1. The van der Waals surface area contributed by atoms with Crippen molar-refractivity contribution in [3.8, 4) is 0 Å². The van der Waals surface area contributed by atoms with Crippen molar-refractivity contribution in [3.63, 3.8) is 0 Å². The zero-order valence-electron chi connectivity index (χ0n) is 13.1. The number of hydrogen-bond donors (Lipinski definition) is 2. The van der Waals surface area contributed by atoms with Crippen LogP contribution in [0.1, 0.15) is 38.2 Å². The van der Waals surface area contributed by atoms with Crippen LogP contribution >= 0.6 is 0 Å². The third-order valence-corrected chi connectivity index (χ3v) is 4.74. The molecule has 122 valence electrons. The summed E-state index contributed by atoms with van der Waals surface area (Å²) < 4.78 is 22.7. The van der Waals surface area contributed by atoms with Crippen molar-refractivity contribution in [2.45, 2.75) is 44.4 Å². The van der Waals surface area contributed by atoms with E-state index in [4.69, 9.17) is 0 Å². The molecule has 0 radical (unpaired) electrons. The predicted molar refractivity (Wildman–Crippen MR) is 88.6 cm³/mol. The van der Waals surface area contributed by atoms with Crippen LogP contribution in [0.25, 0.3) is 0 Å². The number of carbonyl (C=O) groups is 1. The average Bonchev–Trinajstić information content (AvgIpc) is 2.36. The predicted octanol–water partition coefficient (Wildman–Crippen LogP) is 2.93. The number of nitrogens with one attached hydrogen (secondary N) is 2. The molecule has 0 aromatic heterocycles. The molecule has 2 rings (SSSR count). The van der Waals surface area contributed by atoms with Crippen molar-refractivity contribution in [1.29, 1.82) is 0 Å². The third-order valence-electron chi connectivity index (χ3n) is 3.89. The number of rotatable bonds is 4. The molecule has 0 bridgehead atoms. The lowest BCUT2D eigenvalue weighted by Gasteiger charge is -2.27. The smallest absolute Gasteiger partial charge is 0.319 e. The fourth-order valence-electron chi connectivity index (χ4n) is 2.96. The van der Waals surface area contributed by atoms with Crippen molar-refractivity contribution in [1.82, 2.24) is 5.32 Å². The van der Waals surface area contributed by atoms with Crippen LogP contribution in [0.3, 0.4) is 0 Å². The second-order valence-electron chi connectivity index (χ2n) is 6.34. The molecule has 1 saturated carbocycles. The minimum atomic E-state index is -3.08. The van der Waals surface area contributed by atoms with Gasteiger partial charge < -0.3 is 10.6 Å². The first-order valence-electron chi connectivity index (χ1n) is 7.66. The second-order valence-corrected chi connectivity index (χ2v) is 8.48. The van der Waals surface area contributed by atoms with Crippen LogP contribution < -0.4 is 10.6 Å². The molecule has 1 fully saturated rings. The van der Waals surface area contributed by atoms with Gasteiger partial charge in [-0.15, -0.1) is 0 Å². The zero-order valence-corrected chi connectivity index (χ0v) is 13.9. The van der Waals surface area contributed by atoms with Crippen LogP contribution in [-0.4, -0.2) is 26.7 Å². The molecule has 1 aliphatic carbocycles. The number of hydrogen-bond acceptors (Lipinski definition) is 3. The maximum Gasteiger partial charge on any atom is 0.319 e. The Balaban J connectivity index is 1.92. The number of benzene rings is 1. The summed E-state index contributed by atoms with van der Waals surface area (Å²) in [5, 5.41) is 5.78. The van der Waals surface area contributed by atoms with E-state index in [2.05, 4.69) is 17.6 Å². The van der Waals surface area contributed by atoms with E-state index in [1.807, 2.05) is 0 Å². The van der Waals surface area contributed by atoms with Gasteiger partial charge in [0.05, 0.1) is 5.75 Å². The summed E-state index contributed by atoms with van der Waals surface area (Å²) in [6.45, 7) is 2.21. The Morgan fingerprint density at radius 1 is 1.32 bits per heavy atom. The molecule has 0 saturated heterocycles. The van der Waals surface area contributed by atoms with E-state index in [0.717, 1.165) is 19.3 Å². The second kappa shape index (κ2) is 7.13. The molecule has 5 nitrogen and oxygen atoms in total. The van der Waals surface area contributed by atoms with Gasteiger partial charge in [0.2, 0.25) is 0 Å². The van der Waals surface area contributed by atoms with Gasteiger partial charge >= 0.3 is 6.03 Å². The van der Waals surface area contributed by atoms with E-state index < -0.39 is 9.84 Å². The largest absolute Gasteiger partial charge is 0.335 e. The number of urea groups is 1. The molecule has 2 unspecified atom stereocenters. The Morgan fingerprint density at radius 2 is 2.09 bits per heavy atom. The highest BCUT2D eigenvalue weighted by Gasteiger charge is 2.20. The van der Waals surface area contributed by atoms with Gasteiger partial charge in [0.15, 0.2) is 9.84 Å². The van der Waals surface area contributed by atoms with E-state index in [1.165, 1.54) is 12.7 Å². The molecule has 0 spiro atoms. The molecule has 1 aromatic rings. The van der Waals surface area contributed by atoms with Crippen LogP contribution in [0, 0.1) is 5.92 Å². The summed E-state index contributed by atoms with van der Waals surface area (Å²) in [6, 6.07) is 6.95. The van der Waals surface area contributed by atoms with E-state index >= 15 is 0 Å². The molecule has 2 N–H and O–H groups in total. The lowest BCUT2D eigenvalue weighted by atomic mass is 9.87. The molecule has 1 aromatic carbocycles. The number of anilines is 1. The van der Waals surface area contributed by atoms with Crippen molar-refractivity contribution >= 4 is 21.6 Å². The van der Waals surface area contributed by atoms with E-state index in [1.54, 1.807) is 24.3 Å². The normalized spacial score (nSPS) is 22.1. The number of carbonyl (C=O) groups excluding carboxylic acids is 1. The Kier molecular flexibility index (Phi) is 5.45. The average molecular weight is 324 g/mol. The first-order chi connectivity index (χ1) is 10.3. The van der Waals surface area contributed by atoms with Crippen molar-refractivity contribution in [2.75, 3.05) is 11.6 Å². The monoisotopic (exact) mass is 324 g/mol. The minimum Gasteiger partial charge on any atom is -0.335 e. The van der Waals surface area contributed by atoms with Crippen LogP contribution in [0.15, 0.2) is 24.3 Å². The van der Waals surface area contributed by atoms with Gasteiger partial charge in [-0.1, -0.05) is 31.9 Å². The lowest BCUT2D eigenvalue weighted by molar-refractivity contribution is 0.238. The summed E-state index contributed by atoms with van der Waals surface area (Å²) in [7, 11) is -3.08. The molecule has 2 amide bonds. The molecule has 2 atom stereocenters. The van der Waals surface area contributed by atoms with Gasteiger partial charge in [0.25, 0.3) is 0 Å². The standard InChI is InChI=1S/C16H24N2O3S/c1-12-5-3-7-14(9-12)17-16(19)18-15-8-4-6-13(10-15)11-22(2,20)21/h4,6,8,10,12,14H,3,5,7,9,11H2,1-2H3,(H2,17,18,19). The highest BCUT2D eigenvalue weighted by atomic mass is 32.2. The quantitative estimate of drug-likeness (QED) is 0.894. The Bertz CT molecular complexity index is 628. The third kappa shape index (κ3) is 5.67. The van der Waals surface area contributed by atoms with Gasteiger partial charge in [0.1, 0.15) is 0 Å². The Morgan fingerprint density at radius 3 is 2.77 bits per heavy atom. The topological polar surface area (TPSA) is 75.3 Å². The molecular formula is C16H24N2O3S. The van der Waals surface area contributed by atoms with Crippen LogP contribution in [0.5, 0.6) is 0 Å². The maximum absolute atomic E-state index is 12.0. The molecular weight excluding hydrogens is 300 g/mol. The summed E-state index contributed by atoms with van der Waals surface area (Å²) in [4.78, 5) is 12.0. The summed E-state index contributed by atoms with van der Waals surface area (Å²) in [6.07, 6.45) is 5.61. The fraction of sp³-hybridized carbons (Fsp3) is 0.562. The summed E-state index contributed by atoms with van der Waals surface area (Å²) in [5.74, 6) is 0.627. The van der Waals surface area contributed by atoms with Crippen molar-refractivity contribution in [3.05, 3.63) is 29.8 Å². The lowest BCUT2D eigenvalue weighted by Crippen LogP contribution is -2.40. The van der Waals surface area contributed by atoms with Gasteiger partial charge in [-0.25, -0.2) is 13.2 Å². The molecule has 0 aliphatic heterocycles. The van der Waals surface area contributed by atoms with Crippen LogP contribution in [-0.2, 0) is 15.6 Å². The fourth-order valence-corrected chi connectivity index (χ4v) is 3.74. The Hall–Kier alpha value is -1.56. The van der Waals surface area contributed by atoms with Crippen LogP contribution in [0.4, 0.5) is 10.5 Å². The van der Waals surface area contributed by atoms with Gasteiger partial charge in [0, 0.05) is 18.0 Å². The number of amides is 2. The maximum atomic E-state index is 12.0. The first kappa shape index (κ1) is 16.8. The first-order valence-corrected chi connectivity index (χ1v) is 9.72. The zero-order chi connectivity index (χ0) is 16.2. The SMILES string of the molecule is CC1CCCC(NC(=O)Nc2cccc(CS(C)(=O)=O)c2)C1. The van der Waals surface area contributed by atoms with Crippen LogP contribution in [0.2, 0.25) is 0 Å². The van der Waals surface area contributed by atoms with Gasteiger partial charge in [-0.05, 0) is 36.5 Å². The minimum absolute atomic E-state index is 0.0235. The van der Waals surface area contributed by atoms with Gasteiger partial charge in [-0.2, -0.15) is 0 Å². The molecule has 22 heavy (non-hydrogen) atoms. The van der Waals surface area contributed by atoms with Gasteiger partial charge in [-0.3, -0.25) is 0 Å². The molecule has 1 aliphatic rings.